The summed E-state index contributed by atoms with van der Waals surface area (Å²) < 4.78 is 7.46. The van der Waals surface area contributed by atoms with E-state index in [2.05, 4.69) is 20.6 Å². The summed E-state index contributed by atoms with van der Waals surface area (Å²) in [5, 5.41) is 16.8. The summed E-state index contributed by atoms with van der Waals surface area (Å²) in [6.07, 6.45) is 2.04. The molecule has 1 amide bonds. The average molecular weight is 364 g/mol. The predicted molar refractivity (Wildman–Crippen MR) is 95.5 cm³/mol. The van der Waals surface area contributed by atoms with Gasteiger partial charge in [0, 0.05) is 31.5 Å². The molecule has 0 unspecified atom stereocenters. The van der Waals surface area contributed by atoms with Gasteiger partial charge in [0.25, 0.3) is 0 Å². The standard InChI is InChI=1S/C16H24N6O2S/c1-10-12(11(2)22(4)20-10)8-21(3)9-14(23)17-16-19-18-15(25-16)13-6-5-7-24-13/h13H,5-9H2,1-4H3,(H,17,19,23)/t13-/m0/s1. The van der Waals surface area contributed by atoms with Crippen molar-refractivity contribution in [3.63, 3.8) is 0 Å². The summed E-state index contributed by atoms with van der Waals surface area (Å²) >= 11 is 1.39. The highest BCUT2D eigenvalue weighted by Gasteiger charge is 2.22. The van der Waals surface area contributed by atoms with E-state index in [4.69, 9.17) is 4.74 Å². The molecular formula is C16H24N6O2S. The first kappa shape index (κ1) is 18.0. The molecule has 0 saturated carbocycles. The Balaban J connectivity index is 1.53. The van der Waals surface area contributed by atoms with Crippen molar-refractivity contribution in [2.24, 2.45) is 7.05 Å². The zero-order chi connectivity index (χ0) is 18.0. The van der Waals surface area contributed by atoms with Gasteiger partial charge < -0.3 is 4.74 Å². The number of rotatable bonds is 6. The molecule has 2 aromatic heterocycles. The minimum absolute atomic E-state index is 0.0300. The number of nitrogens with one attached hydrogen (secondary N) is 1. The van der Waals surface area contributed by atoms with Gasteiger partial charge in [-0.3, -0.25) is 19.7 Å². The molecule has 1 aliphatic rings. The van der Waals surface area contributed by atoms with Crippen molar-refractivity contribution < 1.29 is 9.53 Å². The molecule has 2 aromatic rings. The van der Waals surface area contributed by atoms with Gasteiger partial charge in [-0.2, -0.15) is 5.10 Å². The quantitative estimate of drug-likeness (QED) is 0.841. The summed E-state index contributed by atoms with van der Waals surface area (Å²) in [6.45, 7) is 5.75. The minimum atomic E-state index is -0.100. The first-order valence-electron chi connectivity index (χ1n) is 8.36. The lowest BCUT2D eigenvalue weighted by atomic mass is 10.2. The molecule has 1 fully saturated rings. The van der Waals surface area contributed by atoms with Crippen LogP contribution in [0.15, 0.2) is 0 Å². The van der Waals surface area contributed by atoms with Crippen LogP contribution in [0.3, 0.4) is 0 Å². The number of aryl methyl sites for hydroxylation is 2. The third kappa shape index (κ3) is 4.23. The second kappa shape index (κ2) is 7.59. The van der Waals surface area contributed by atoms with Crippen LogP contribution >= 0.6 is 11.3 Å². The maximum absolute atomic E-state index is 12.3. The molecule has 9 heteroatoms. The lowest BCUT2D eigenvalue weighted by molar-refractivity contribution is -0.117. The van der Waals surface area contributed by atoms with Gasteiger partial charge in [0.2, 0.25) is 11.0 Å². The molecule has 1 N–H and O–H groups in total. The van der Waals surface area contributed by atoms with E-state index in [9.17, 15) is 4.79 Å². The summed E-state index contributed by atoms with van der Waals surface area (Å²) in [5.74, 6) is -0.100. The fourth-order valence-corrected chi connectivity index (χ4v) is 3.81. The molecule has 0 aliphatic carbocycles. The van der Waals surface area contributed by atoms with Crippen LogP contribution in [0.2, 0.25) is 0 Å². The van der Waals surface area contributed by atoms with E-state index in [0.717, 1.165) is 41.4 Å². The third-order valence-electron chi connectivity index (χ3n) is 4.39. The van der Waals surface area contributed by atoms with E-state index in [1.165, 1.54) is 11.3 Å². The molecule has 0 aromatic carbocycles. The molecule has 0 radical (unpaired) electrons. The maximum Gasteiger partial charge on any atom is 0.240 e. The number of ether oxygens (including phenoxy) is 1. The fraction of sp³-hybridized carbons (Fsp3) is 0.625. The zero-order valence-corrected chi connectivity index (χ0v) is 15.9. The largest absolute Gasteiger partial charge is 0.371 e. The van der Waals surface area contributed by atoms with Crippen LogP contribution in [0.4, 0.5) is 5.13 Å². The minimum Gasteiger partial charge on any atom is -0.371 e. The first-order valence-corrected chi connectivity index (χ1v) is 9.18. The van der Waals surface area contributed by atoms with Crippen molar-refractivity contribution in [2.45, 2.75) is 39.3 Å². The normalized spacial score (nSPS) is 17.4. The summed E-state index contributed by atoms with van der Waals surface area (Å²) in [6, 6.07) is 0. The van der Waals surface area contributed by atoms with Crippen molar-refractivity contribution in [3.8, 4) is 0 Å². The van der Waals surface area contributed by atoms with E-state index in [1.807, 2.05) is 37.5 Å². The topological polar surface area (TPSA) is 85.2 Å². The van der Waals surface area contributed by atoms with Gasteiger partial charge in [0.05, 0.1) is 12.2 Å². The van der Waals surface area contributed by atoms with Crippen molar-refractivity contribution in [1.29, 1.82) is 0 Å². The van der Waals surface area contributed by atoms with E-state index in [1.54, 1.807) is 0 Å². The number of aromatic nitrogens is 4. The Labute approximate surface area is 151 Å². The van der Waals surface area contributed by atoms with Crippen molar-refractivity contribution in [1.82, 2.24) is 24.9 Å². The van der Waals surface area contributed by atoms with E-state index < -0.39 is 0 Å². The van der Waals surface area contributed by atoms with Crippen molar-refractivity contribution >= 4 is 22.4 Å². The Morgan fingerprint density at radius 2 is 2.24 bits per heavy atom. The van der Waals surface area contributed by atoms with Crippen LogP contribution in [-0.2, 0) is 23.1 Å². The number of likely N-dealkylation sites (N-methyl/N-ethyl adjacent to an activating group) is 1. The Morgan fingerprint density at radius 3 is 2.88 bits per heavy atom. The molecule has 0 spiro atoms. The van der Waals surface area contributed by atoms with Gasteiger partial charge in [-0.25, -0.2) is 0 Å². The number of carbonyl (C=O) groups is 1. The van der Waals surface area contributed by atoms with Gasteiger partial charge in [0.1, 0.15) is 11.1 Å². The average Bonchev–Trinajstić information content (AvgIpc) is 3.26. The SMILES string of the molecule is Cc1nn(C)c(C)c1CN(C)CC(=O)Nc1nnc([C@@H]2CCCO2)s1. The second-order valence-corrected chi connectivity index (χ2v) is 7.45. The number of carbonyl (C=O) groups excluding carboxylic acids is 1. The van der Waals surface area contributed by atoms with Crippen LogP contribution in [0.1, 0.15) is 40.9 Å². The number of hydrogen-bond acceptors (Lipinski definition) is 7. The van der Waals surface area contributed by atoms with Crippen molar-refractivity contribution in [2.75, 3.05) is 25.5 Å². The predicted octanol–water partition coefficient (Wildman–Crippen LogP) is 1.81. The Kier molecular flexibility index (Phi) is 5.45. The highest BCUT2D eigenvalue weighted by atomic mass is 32.1. The molecule has 1 aliphatic heterocycles. The molecule has 25 heavy (non-hydrogen) atoms. The fourth-order valence-electron chi connectivity index (χ4n) is 2.96. The lowest BCUT2D eigenvalue weighted by Crippen LogP contribution is -2.30. The number of nitrogens with zero attached hydrogens (tertiary/aromatic N) is 5. The summed E-state index contributed by atoms with van der Waals surface area (Å²) in [4.78, 5) is 14.2. The molecular weight excluding hydrogens is 340 g/mol. The van der Waals surface area contributed by atoms with Gasteiger partial charge in [-0.15, -0.1) is 10.2 Å². The lowest BCUT2D eigenvalue weighted by Gasteiger charge is -2.16. The summed E-state index contributed by atoms with van der Waals surface area (Å²) in [5.41, 5.74) is 3.28. The van der Waals surface area contributed by atoms with E-state index in [-0.39, 0.29) is 18.6 Å². The van der Waals surface area contributed by atoms with Gasteiger partial charge in [0.15, 0.2) is 0 Å². The van der Waals surface area contributed by atoms with E-state index >= 15 is 0 Å². The molecule has 8 nitrogen and oxygen atoms in total. The van der Waals surface area contributed by atoms with Crippen LogP contribution in [-0.4, -0.2) is 51.0 Å². The third-order valence-corrected chi connectivity index (χ3v) is 5.32. The Bertz CT molecular complexity index is 750. The second-order valence-electron chi connectivity index (χ2n) is 6.44. The highest BCUT2D eigenvalue weighted by molar-refractivity contribution is 7.15. The first-order chi connectivity index (χ1) is 11.9. The van der Waals surface area contributed by atoms with Crippen LogP contribution in [0.25, 0.3) is 0 Å². The Morgan fingerprint density at radius 1 is 1.44 bits per heavy atom. The van der Waals surface area contributed by atoms with E-state index in [0.29, 0.717) is 11.7 Å². The highest BCUT2D eigenvalue weighted by Crippen LogP contribution is 2.31. The van der Waals surface area contributed by atoms with Gasteiger partial charge in [-0.1, -0.05) is 11.3 Å². The van der Waals surface area contributed by atoms with Crippen LogP contribution in [0, 0.1) is 13.8 Å². The van der Waals surface area contributed by atoms with Crippen LogP contribution in [0.5, 0.6) is 0 Å². The van der Waals surface area contributed by atoms with Crippen LogP contribution < -0.4 is 5.32 Å². The van der Waals surface area contributed by atoms with Gasteiger partial charge in [-0.05, 0) is 33.7 Å². The zero-order valence-electron chi connectivity index (χ0n) is 15.1. The molecule has 3 rings (SSSR count). The smallest absolute Gasteiger partial charge is 0.240 e. The van der Waals surface area contributed by atoms with Crippen molar-refractivity contribution in [3.05, 3.63) is 22.0 Å². The Hall–Kier alpha value is -1.84. The molecule has 1 saturated heterocycles. The maximum atomic E-state index is 12.3. The molecule has 136 valence electrons. The number of amides is 1. The number of anilines is 1. The monoisotopic (exact) mass is 364 g/mol. The summed E-state index contributed by atoms with van der Waals surface area (Å²) in [7, 11) is 3.85. The van der Waals surface area contributed by atoms with Gasteiger partial charge >= 0.3 is 0 Å². The molecule has 0 bridgehead atoms. The molecule has 3 heterocycles. The number of hydrogen-bond donors (Lipinski definition) is 1. The molecule has 1 atom stereocenters.